The fourth-order valence-corrected chi connectivity index (χ4v) is 7.92. The van der Waals surface area contributed by atoms with E-state index in [0.29, 0.717) is 21.7 Å². The molecule has 3 aromatic heterocycles. The number of aromatic nitrogens is 1. The van der Waals surface area contributed by atoms with Gasteiger partial charge >= 0.3 is 0 Å². The number of para-hydroxylation sites is 1. The van der Waals surface area contributed by atoms with E-state index in [4.69, 9.17) is 11.6 Å². The average molecular weight is 632 g/mol. The van der Waals surface area contributed by atoms with Crippen LogP contribution in [0.15, 0.2) is 57.2 Å². The van der Waals surface area contributed by atoms with E-state index in [2.05, 4.69) is 31.0 Å². The predicted octanol–water partition coefficient (Wildman–Crippen LogP) is 5.57. The Bertz CT molecular complexity index is 1500. The van der Waals surface area contributed by atoms with Gasteiger partial charge in [0, 0.05) is 41.1 Å². The van der Waals surface area contributed by atoms with Gasteiger partial charge in [0.25, 0.3) is 5.69 Å². The first-order valence-corrected chi connectivity index (χ1v) is 14.9. The van der Waals surface area contributed by atoms with E-state index in [0.717, 1.165) is 26.2 Å². The number of halogens is 2. The summed E-state index contributed by atoms with van der Waals surface area (Å²) in [7, 11) is -4.23. The Balaban J connectivity index is 1.63. The molecule has 0 unspecified atom stereocenters. The molecule has 3 N–H and O–H groups in total. The molecule has 9 nitrogen and oxygen atoms in total. The minimum Gasteiger partial charge on any atom is -0.396 e. The molecule has 1 atom stereocenters. The van der Waals surface area contributed by atoms with Gasteiger partial charge in [0.2, 0.25) is 10.0 Å². The third-order valence-corrected chi connectivity index (χ3v) is 10.2. The highest BCUT2D eigenvalue weighted by Crippen LogP contribution is 2.41. The maximum Gasteiger partial charge on any atom is 0.289 e. The molecule has 0 radical (unpaired) electrons. The third kappa shape index (κ3) is 6.05. The number of hydrogen-bond acceptors (Lipinski definition) is 9. The molecule has 0 bridgehead atoms. The predicted molar refractivity (Wildman–Crippen MR) is 147 cm³/mol. The summed E-state index contributed by atoms with van der Waals surface area (Å²) in [6.45, 7) is 0.338. The lowest BCUT2D eigenvalue weighted by Gasteiger charge is -2.17. The second-order valence-electron chi connectivity index (χ2n) is 7.70. The number of rotatable bonds is 11. The summed E-state index contributed by atoms with van der Waals surface area (Å²) >= 11 is 12.9. The lowest BCUT2D eigenvalue weighted by Crippen LogP contribution is -2.37. The number of nitro benzene ring substituents is 1. The van der Waals surface area contributed by atoms with Gasteiger partial charge in [-0.2, -0.15) is 0 Å². The summed E-state index contributed by atoms with van der Waals surface area (Å²) in [6, 6.07) is 10.2. The van der Waals surface area contributed by atoms with Gasteiger partial charge in [-0.05, 0) is 46.3 Å². The number of anilines is 1. The van der Waals surface area contributed by atoms with Crippen molar-refractivity contribution >= 4 is 81.8 Å². The third-order valence-electron chi connectivity index (χ3n) is 5.24. The number of aliphatic hydroxyl groups excluding tert-OH is 1. The molecule has 0 spiro atoms. The number of aliphatic hydroxyl groups is 1. The maximum absolute atomic E-state index is 13.0. The molecule has 1 aromatic carbocycles. The first-order valence-electron chi connectivity index (χ1n) is 10.6. The second kappa shape index (κ2) is 11.5. The number of benzene rings is 1. The SMILES string of the molecule is O=[N+]([O-])c1ccccc1S(=O)(=O)N[C@@H](CCO)Cc1sc2c(NCc3cccs3)cc(Cl)nc2c1Br. The largest absolute Gasteiger partial charge is 0.396 e. The van der Waals surface area contributed by atoms with Crippen LogP contribution in [0.2, 0.25) is 5.15 Å². The molecule has 4 rings (SSSR count). The Morgan fingerprint density at radius 1 is 1.25 bits per heavy atom. The zero-order chi connectivity index (χ0) is 25.9. The minimum atomic E-state index is -4.23. The van der Waals surface area contributed by atoms with E-state index < -0.39 is 31.6 Å². The molecule has 0 amide bonds. The second-order valence-corrected chi connectivity index (χ2v) is 12.7. The van der Waals surface area contributed by atoms with Crippen LogP contribution in [0.5, 0.6) is 0 Å². The number of pyridine rings is 1. The molecule has 0 saturated carbocycles. The van der Waals surface area contributed by atoms with Crippen LogP contribution < -0.4 is 10.0 Å². The maximum atomic E-state index is 13.0. The normalized spacial score (nSPS) is 12.6. The van der Waals surface area contributed by atoms with Gasteiger partial charge in [-0.3, -0.25) is 10.1 Å². The van der Waals surface area contributed by atoms with Gasteiger partial charge in [0.05, 0.1) is 25.3 Å². The lowest BCUT2D eigenvalue weighted by atomic mass is 10.1. The fraction of sp³-hybridized carbons (Fsp3) is 0.227. The van der Waals surface area contributed by atoms with Crippen molar-refractivity contribution in [1.29, 1.82) is 0 Å². The van der Waals surface area contributed by atoms with Crippen LogP contribution in [-0.2, 0) is 23.0 Å². The van der Waals surface area contributed by atoms with Crippen molar-refractivity contribution in [3.63, 3.8) is 0 Å². The van der Waals surface area contributed by atoms with E-state index in [1.54, 1.807) is 17.4 Å². The topological polar surface area (TPSA) is 134 Å². The van der Waals surface area contributed by atoms with Crippen molar-refractivity contribution in [3.8, 4) is 0 Å². The number of sulfonamides is 1. The Morgan fingerprint density at radius 2 is 2.03 bits per heavy atom. The van der Waals surface area contributed by atoms with E-state index in [1.165, 1.54) is 29.5 Å². The molecular formula is C22H20BrClN4O5S3. The zero-order valence-corrected chi connectivity index (χ0v) is 23.3. The van der Waals surface area contributed by atoms with E-state index >= 15 is 0 Å². The van der Waals surface area contributed by atoms with Gasteiger partial charge in [-0.1, -0.05) is 29.8 Å². The molecule has 0 saturated heterocycles. The van der Waals surface area contributed by atoms with E-state index in [9.17, 15) is 23.6 Å². The Hall–Kier alpha value is -2.13. The fourth-order valence-electron chi connectivity index (χ4n) is 3.61. The van der Waals surface area contributed by atoms with Crippen molar-refractivity contribution in [1.82, 2.24) is 9.71 Å². The molecule has 190 valence electrons. The molecule has 0 aliphatic rings. The number of nitrogens with zero attached hydrogens (tertiary/aromatic N) is 2. The minimum absolute atomic E-state index is 0.109. The number of nitro groups is 1. The zero-order valence-electron chi connectivity index (χ0n) is 18.5. The number of nitrogens with one attached hydrogen (secondary N) is 2. The Kier molecular flexibility index (Phi) is 8.60. The Morgan fingerprint density at radius 3 is 2.72 bits per heavy atom. The standard InChI is InChI=1S/C22H20BrClN4O5S3/c23-20-17(35-22-15(11-19(24)26-21(20)22)25-12-14-4-3-9-34-14)10-13(7-8-29)27-36(32,33)18-6-2-1-5-16(18)28(30)31/h1-6,9,11,13,27,29H,7-8,10,12H2,(H,25,26)/t13-/m0/s1. The van der Waals surface area contributed by atoms with Crippen molar-refractivity contribution < 1.29 is 18.4 Å². The summed E-state index contributed by atoms with van der Waals surface area (Å²) in [6.07, 6.45) is 0.336. The summed E-state index contributed by atoms with van der Waals surface area (Å²) in [5, 5.41) is 26.6. The van der Waals surface area contributed by atoms with Gasteiger partial charge in [-0.15, -0.1) is 22.7 Å². The molecular weight excluding hydrogens is 612 g/mol. The van der Waals surface area contributed by atoms with Crippen LogP contribution in [0.3, 0.4) is 0 Å². The van der Waals surface area contributed by atoms with Crippen molar-refractivity contribution in [2.45, 2.75) is 30.3 Å². The molecule has 36 heavy (non-hydrogen) atoms. The highest BCUT2D eigenvalue weighted by Gasteiger charge is 2.28. The van der Waals surface area contributed by atoms with E-state index in [-0.39, 0.29) is 19.4 Å². The van der Waals surface area contributed by atoms with Gasteiger partial charge in [0.1, 0.15) is 5.15 Å². The monoisotopic (exact) mass is 630 g/mol. The summed E-state index contributed by atoms with van der Waals surface area (Å²) in [5.74, 6) is 0. The number of hydrogen-bond donors (Lipinski definition) is 3. The van der Waals surface area contributed by atoms with Crippen molar-refractivity contribution in [2.75, 3.05) is 11.9 Å². The van der Waals surface area contributed by atoms with Crippen LogP contribution in [0.25, 0.3) is 10.2 Å². The summed E-state index contributed by atoms with van der Waals surface area (Å²) in [4.78, 5) is 16.6. The van der Waals surface area contributed by atoms with Gasteiger partial charge in [0.15, 0.2) is 4.90 Å². The number of fused-ring (bicyclic) bond motifs is 1. The highest BCUT2D eigenvalue weighted by atomic mass is 79.9. The van der Waals surface area contributed by atoms with Crippen LogP contribution in [0, 0.1) is 10.1 Å². The molecule has 0 fully saturated rings. The van der Waals surface area contributed by atoms with Crippen LogP contribution in [-0.4, -0.2) is 36.1 Å². The number of thiophene rings is 2. The quantitative estimate of drug-likeness (QED) is 0.112. The van der Waals surface area contributed by atoms with Crippen molar-refractivity contribution in [3.05, 3.63) is 77.3 Å². The first kappa shape index (κ1) is 26.9. The van der Waals surface area contributed by atoms with Gasteiger partial charge in [-0.25, -0.2) is 18.1 Å². The Labute approximate surface area is 228 Å². The van der Waals surface area contributed by atoms with Crippen LogP contribution in [0.1, 0.15) is 16.2 Å². The smallest absolute Gasteiger partial charge is 0.289 e. The van der Waals surface area contributed by atoms with Crippen LogP contribution >= 0.6 is 50.2 Å². The average Bonchev–Trinajstić information content (AvgIpc) is 3.46. The summed E-state index contributed by atoms with van der Waals surface area (Å²) < 4.78 is 30.1. The van der Waals surface area contributed by atoms with Crippen LogP contribution in [0.4, 0.5) is 11.4 Å². The first-order chi connectivity index (χ1) is 17.2. The molecule has 14 heteroatoms. The highest BCUT2D eigenvalue weighted by molar-refractivity contribution is 9.10. The molecule has 3 heterocycles. The molecule has 0 aliphatic carbocycles. The van der Waals surface area contributed by atoms with Crippen molar-refractivity contribution in [2.24, 2.45) is 0 Å². The lowest BCUT2D eigenvalue weighted by molar-refractivity contribution is -0.387. The summed E-state index contributed by atoms with van der Waals surface area (Å²) in [5.41, 5.74) is 0.922. The van der Waals surface area contributed by atoms with E-state index in [1.807, 2.05) is 17.5 Å². The molecule has 4 aromatic rings. The molecule has 0 aliphatic heterocycles. The van der Waals surface area contributed by atoms with Gasteiger partial charge < -0.3 is 10.4 Å².